The van der Waals surface area contributed by atoms with Crippen LogP contribution in [0.2, 0.25) is 5.02 Å². The van der Waals surface area contributed by atoms with Gasteiger partial charge in [0.2, 0.25) is 10.0 Å². The Morgan fingerprint density at radius 2 is 2.05 bits per heavy atom. The second-order valence-corrected chi connectivity index (χ2v) is 7.42. The fraction of sp³-hybridized carbons (Fsp3) is 0.357. The van der Waals surface area contributed by atoms with Crippen LogP contribution in [-0.4, -0.2) is 24.4 Å². The first-order valence-electron chi connectivity index (χ1n) is 6.69. The monoisotopic (exact) mass is 326 g/mol. The summed E-state index contributed by atoms with van der Waals surface area (Å²) < 4.78 is 32.1. The predicted molar refractivity (Wildman–Crippen MR) is 78.6 cm³/mol. The van der Waals surface area contributed by atoms with Crippen molar-refractivity contribution in [2.75, 3.05) is 6.54 Å². The van der Waals surface area contributed by atoms with E-state index < -0.39 is 10.0 Å². The second kappa shape index (κ2) is 5.44. The molecule has 2 aromatic rings. The van der Waals surface area contributed by atoms with Crippen LogP contribution in [-0.2, 0) is 10.0 Å². The normalized spacial score (nSPS) is 20.0. The van der Waals surface area contributed by atoms with Gasteiger partial charge in [-0.05, 0) is 44.0 Å². The van der Waals surface area contributed by atoms with E-state index in [0.29, 0.717) is 23.0 Å². The lowest BCUT2D eigenvalue weighted by Crippen LogP contribution is -2.30. The van der Waals surface area contributed by atoms with Crippen molar-refractivity contribution in [2.24, 2.45) is 0 Å². The van der Waals surface area contributed by atoms with Crippen LogP contribution < -0.4 is 0 Å². The molecule has 1 aliphatic heterocycles. The van der Waals surface area contributed by atoms with Crippen molar-refractivity contribution in [1.82, 2.24) is 9.46 Å². The zero-order chi connectivity index (χ0) is 15.0. The summed E-state index contributed by atoms with van der Waals surface area (Å²) in [7, 11) is -3.55. The molecule has 0 bridgehead atoms. The summed E-state index contributed by atoms with van der Waals surface area (Å²) in [6, 6.07) is 7.75. The predicted octanol–water partition coefficient (Wildman–Crippen LogP) is 3.16. The summed E-state index contributed by atoms with van der Waals surface area (Å²) in [6.07, 6.45) is 1.56. The molecule has 1 saturated heterocycles. The van der Waals surface area contributed by atoms with E-state index in [1.807, 2.05) is 0 Å². The Bertz CT molecular complexity index is 740. The Labute approximate surface area is 128 Å². The number of benzene rings is 1. The first kappa shape index (κ1) is 14.6. The van der Waals surface area contributed by atoms with Crippen LogP contribution in [0.15, 0.2) is 39.8 Å². The third-order valence-electron chi connectivity index (χ3n) is 3.61. The van der Waals surface area contributed by atoms with Crippen molar-refractivity contribution >= 4 is 21.6 Å². The highest BCUT2D eigenvalue weighted by molar-refractivity contribution is 7.89. The number of nitrogens with zero attached hydrogens (tertiary/aromatic N) is 2. The lowest BCUT2D eigenvalue weighted by atomic mass is 10.1. The Hall–Kier alpha value is -1.37. The summed E-state index contributed by atoms with van der Waals surface area (Å²) >= 11 is 5.82. The number of hydrogen-bond donors (Lipinski definition) is 0. The van der Waals surface area contributed by atoms with Gasteiger partial charge in [-0.2, -0.15) is 4.31 Å². The van der Waals surface area contributed by atoms with Gasteiger partial charge in [-0.15, -0.1) is 0 Å². The quantitative estimate of drug-likeness (QED) is 0.869. The lowest BCUT2D eigenvalue weighted by molar-refractivity contribution is 0.349. The third kappa shape index (κ3) is 2.71. The van der Waals surface area contributed by atoms with E-state index in [9.17, 15) is 8.42 Å². The fourth-order valence-corrected chi connectivity index (χ4v) is 4.40. The van der Waals surface area contributed by atoms with Gasteiger partial charge in [0.25, 0.3) is 0 Å². The summed E-state index contributed by atoms with van der Waals surface area (Å²) in [4.78, 5) is 0.249. The van der Waals surface area contributed by atoms with Crippen molar-refractivity contribution in [3.8, 4) is 0 Å². The summed E-state index contributed by atoms with van der Waals surface area (Å²) in [5.74, 6) is 0.681. The maximum absolute atomic E-state index is 12.8. The van der Waals surface area contributed by atoms with Crippen LogP contribution in [0.5, 0.6) is 0 Å². The molecule has 7 heteroatoms. The van der Waals surface area contributed by atoms with Gasteiger partial charge in [0.15, 0.2) is 0 Å². The molecule has 0 radical (unpaired) electrons. The molecule has 2 heterocycles. The van der Waals surface area contributed by atoms with Crippen LogP contribution in [0.3, 0.4) is 0 Å². The van der Waals surface area contributed by atoms with Gasteiger partial charge in [0, 0.05) is 17.6 Å². The highest BCUT2D eigenvalue weighted by Gasteiger charge is 2.37. The summed E-state index contributed by atoms with van der Waals surface area (Å²) in [5, 5.41) is 4.48. The molecule has 3 rings (SSSR count). The number of hydrogen-bond acceptors (Lipinski definition) is 4. The molecule has 1 aromatic heterocycles. The van der Waals surface area contributed by atoms with Crippen molar-refractivity contribution in [2.45, 2.75) is 30.7 Å². The lowest BCUT2D eigenvalue weighted by Gasteiger charge is -2.22. The molecular weight excluding hydrogens is 312 g/mol. The number of aryl methyl sites for hydroxylation is 1. The molecular formula is C14H15ClN2O3S. The molecule has 1 atom stereocenters. The molecule has 0 N–H and O–H groups in total. The van der Waals surface area contributed by atoms with E-state index in [4.69, 9.17) is 16.1 Å². The fourth-order valence-electron chi connectivity index (χ4n) is 2.61. The largest absolute Gasteiger partial charge is 0.361 e. The van der Waals surface area contributed by atoms with Gasteiger partial charge in [0.05, 0.1) is 10.9 Å². The van der Waals surface area contributed by atoms with E-state index in [2.05, 4.69) is 5.16 Å². The molecule has 1 fully saturated rings. The van der Waals surface area contributed by atoms with Crippen LogP contribution in [0, 0.1) is 6.92 Å². The average Bonchev–Trinajstić information content (AvgIpc) is 3.07. The Morgan fingerprint density at radius 3 is 2.67 bits per heavy atom. The van der Waals surface area contributed by atoms with Crippen LogP contribution >= 0.6 is 11.6 Å². The van der Waals surface area contributed by atoms with E-state index >= 15 is 0 Å². The molecule has 0 spiro atoms. The summed E-state index contributed by atoms with van der Waals surface area (Å²) in [6.45, 7) is 2.28. The van der Waals surface area contributed by atoms with E-state index in [0.717, 1.165) is 12.8 Å². The van der Waals surface area contributed by atoms with Crippen molar-refractivity contribution in [1.29, 1.82) is 0 Å². The molecule has 0 unspecified atom stereocenters. The van der Waals surface area contributed by atoms with Gasteiger partial charge in [-0.1, -0.05) is 16.8 Å². The van der Waals surface area contributed by atoms with Gasteiger partial charge >= 0.3 is 0 Å². The maximum atomic E-state index is 12.8. The molecule has 0 aliphatic carbocycles. The van der Waals surface area contributed by atoms with E-state index in [1.54, 1.807) is 25.1 Å². The van der Waals surface area contributed by atoms with Crippen LogP contribution in [0.1, 0.15) is 30.3 Å². The van der Waals surface area contributed by atoms with Crippen LogP contribution in [0.25, 0.3) is 0 Å². The summed E-state index contributed by atoms with van der Waals surface area (Å²) in [5.41, 5.74) is 0.669. The standard InChI is InChI=1S/C14H15ClN2O3S/c1-10-9-13(16-20-10)14-3-2-8-17(14)21(18,19)12-6-4-11(15)5-7-12/h4-7,9,14H,2-3,8H2,1H3/t14-/m1/s1. The number of sulfonamides is 1. The Morgan fingerprint density at radius 1 is 1.33 bits per heavy atom. The molecule has 112 valence electrons. The Balaban J connectivity index is 1.96. The topological polar surface area (TPSA) is 63.4 Å². The second-order valence-electron chi connectivity index (χ2n) is 5.09. The molecule has 5 nitrogen and oxygen atoms in total. The molecule has 21 heavy (non-hydrogen) atoms. The average molecular weight is 327 g/mol. The Kier molecular flexibility index (Phi) is 3.77. The van der Waals surface area contributed by atoms with Crippen LogP contribution in [0.4, 0.5) is 0 Å². The highest BCUT2D eigenvalue weighted by Crippen LogP contribution is 2.36. The zero-order valence-electron chi connectivity index (χ0n) is 11.5. The van der Waals surface area contributed by atoms with Crippen molar-refractivity contribution < 1.29 is 12.9 Å². The minimum Gasteiger partial charge on any atom is -0.361 e. The number of aromatic nitrogens is 1. The highest BCUT2D eigenvalue weighted by atomic mass is 35.5. The minimum absolute atomic E-state index is 0.249. The van der Waals surface area contributed by atoms with E-state index in [1.165, 1.54) is 16.4 Å². The first-order valence-corrected chi connectivity index (χ1v) is 8.51. The third-order valence-corrected chi connectivity index (χ3v) is 5.79. The van der Waals surface area contributed by atoms with Crippen molar-refractivity contribution in [3.63, 3.8) is 0 Å². The molecule has 0 saturated carbocycles. The maximum Gasteiger partial charge on any atom is 0.243 e. The number of halogens is 1. The smallest absolute Gasteiger partial charge is 0.243 e. The van der Waals surface area contributed by atoms with Crippen molar-refractivity contribution in [3.05, 3.63) is 46.8 Å². The van der Waals surface area contributed by atoms with Gasteiger partial charge < -0.3 is 4.52 Å². The van der Waals surface area contributed by atoms with Gasteiger partial charge in [-0.3, -0.25) is 0 Å². The molecule has 1 aromatic carbocycles. The van der Waals surface area contributed by atoms with Gasteiger partial charge in [0.1, 0.15) is 11.5 Å². The SMILES string of the molecule is Cc1cc([C@H]2CCCN2S(=O)(=O)c2ccc(Cl)cc2)no1. The zero-order valence-corrected chi connectivity index (χ0v) is 13.1. The molecule has 1 aliphatic rings. The van der Waals surface area contributed by atoms with Gasteiger partial charge in [-0.25, -0.2) is 8.42 Å². The van der Waals surface area contributed by atoms with E-state index in [-0.39, 0.29) is 10.9 Å². The first-order chi connectivity index (χ1) is 9.98. The molecule has 0 amide bonds. The minimum atomic E-state index is -3.55. The number of rotatable bonds is 3.